The van der Waals surface area contributed by atoms with Gasteiger partial charge < -0.3 is 15.0 Å². The van der Waals surface area contributed by atoms with Crippen molar-refractivity contribution in [3.63, 3.8) is 0 Å². The summed E-state index contributed by atoms with van der Waals surface area (Å²) in [5.74, 6) is -1.27. The number of carbonyl (C=O) groups excluding carboxylic acids is 1. The summed E-state index contributed by atoms with van der Waals surface area (Å²) in [6.45, 7) is 1.37. The molecule has 5 nitrogen and oxygen atoms in total. The maximum atomic E-state index is 13.5. The monoisotopic (exact) mass is 328 g/mol. The molecular weight excluding hydrogens is 319 g/mol. The van der Waals surface area contributed by atoms with Gasteiger partial charge in [-0.05, 0) is 19.1 Å². The lowest BCUT2D eigenvalue weighted by Gasteiger charge is -2.05. The fourth-order valence-electron chi connectivity index (χ4n) is 1.49. The highest BCUT2D eigenvalue weighted by molar-refractivity contribution is 9.10. The van der Waals surface area contributed by atoms with Crippen LogP contribution in [0.2, 0.25) is 0 Å². The van der Waals surface area contributed by atoms with E-state index in [1.165, 1.54) is 12.1 Å². The summed E-state index contributed by atoms with van der Waals surface area (Å²) in [7, 11) is 0. The van der Waals surface area contributed by atoms with Crippen LogP contribution in [-0.2, 0) is 11.3 Å². The van der Waals surface area contributed by atoms with Crippen LogP contribution >= 0.6 is 15.9 Å². The number of nitrogen functional groups attached to an aromatic ring is 1. The predicted octanol–water partition coefficient (Wildman–Crippen LogP) is 2.82. The Morgan fingerprint density at radius 3 is 2.89 bits per heavy atom. The Balaban J connectivity index is 2.09. The molecule has 0 aliphatic carbocycles. The molecule has 19 heavy (non-hydrogen) atoms. The van der Waals surface area contributed by atoms with Gasteiger partial charge in [-0.15, -0.1) is 0 Å². The first kappa shape index (κ1) is 13.5. The summed E-state index contributed by atoms with van der Waals surface area (Å²) in [5, 5.41) is 3.54. The van der Waals surface area contributed by atoms with E-state index in [1.54, 1.807) is 13.0 Å². The predicted molar refractivity (Wildman–Crippen MR) is 68.9 cm³/mol. The van der Waals surface area contributed by atoms with Gasteiger partial charge in [0.25, 0.3) is 0 Å². The van der Waals surface area contributed by atoms with Crippen LogP contribution in [0.5, 0.6) is 0 Å². The number of rotatable bonds is 3. The average molecular weight is 329 g/mol. The Kier molecular flexibility index (Phi) is 3.84. The molecule has 1 aromatic carbocycles. The van der Waals surface area contributed by atoms with Crippen molar-refractivity contribution in [3.8, 4) is 0 Å². The second-order valence-electron chi connectivity index (χ2n) is 3.82. The van der Waals surface area contributed by atoms with Crippen molar-refractivity contribution in [1.29, 1.82) is 0 Å². The Bertz CT molecular complexity index is 608. The number of aryl methyl sites for hydroxylation is 1. The van der Waals surface area contributed by atoms with Gasteiger partial charge in [0.15, 0.2) is 0 Å². The normalized spacial score (nSPS) is 10.5. The van der Waals surface area contributed by atoms with Crippen LogP contribution in [0.3, 0.4) is 0 Å². The molecule has 0 radical (unpaired) electrons. The highest BCUT2D eigenvalue weighted by Gasteiger charge is 2.20. The molecule has 0 bridgehead atoms. The van der Waals surface area contributed by atoms with Gasteiger partial charge in [-0.2, -0.15) is 0 Å². The van der Waals surface area contributed by atoms with Gasteiger partial charge in [0.2, 0.25) is 5.88 Å². The van der Waals surface area contributed by atoms with Crippen molar-refractivity contribution < 1.29 is 18.4 Å². The maximum absolute atomic E-state index is 13.5. The summed E-state index contributed by atoms with van der Waals surface area (Å²) >= 11 is 3.14. The number of nitrogens with zero attached hydrogens (tertiary/aromatic N) is 1. The lowest BCUT2D eigenvalue weighted by molar-refractivity contribution is 0.0469. The summed E-state index contributed by atoms with van der Waals surface area (Å²) in [6.07, 6.45) is 0. The van der Waals surface area contributed by atoms with Crippen LogP contribution in [0.4, 0.5) is 10.3 Å². The topological polar surface area (TPSA) is 78.4 Å². The highest BCUT2D eigenvalue weighted by atomic mass is 79.9. The first-order valence-electron chi connectivity index (χ1n) is 5.32. The fraction of sp³-hybridized carbons (Fsp3) is 0.167. The Hall–Kier alpha value is -1.89. The van der Waals surface area contributed by atoms with E-state index >= 15 is 0 Å². The van der Waals surface area contributed by atoms with E-state index in [0.717, 1.165) is 0 Å². The van der Waals surface area contributed by atoms with E-state index in [2.05, 4.69) is 25.6 Å². The number of anilines is 1. The Morgan fingerprint density at radius 2 is 2.32 bits per heavy atom. The number of nitrogens with two attached hydrogens (primary N) is 1. The van der Waals surface area contributed by atoms with Crippen LogP contribution in [-0.4, -0.2) is 11.1 Å². The number of aromatic nitrogens is 1. The van der Waals surface area contributed by atoms with Gasteiger partial charge in [-0.3, -0.25) is 0 Å². The molecule has 0 aliphatic rings. The van der Waals surface area contributed by atoms with Crippen molar-refractivity contribution in [2.75, 3.05) is 5.73 Å². The van der Waals surface area contributed by atoms with Gasteiger partial charge in [-0.1, -0.05) is 27.2 Å². The molecule has 0 amide bonds. The third kappa shape index (κ3) is 2.93. The van der Waals surface area contributed by atoms with Crippen molar-refractivity contribution in [3.05, 3.63) is 45.3 Å². The van der Waals surface area contributed by atoms with E-state index in [4.69, 9.17) is 10.5 Å². The summed E-state index contributed by atoms with van der Waals surface area (Å²) in [6, 6.07) is 4.48. The minimum absolute atomic E-state index is 0.0671. The van der Waals surface area contributed by atoms with Crippen molar-refractivity contribution >= 4 is 27.8 Å². The van der Waals surface area contributed by atoms with Crippen LogP contribution in [0.1, 0.15) is 21.6 Å². The van der Waals surface area contributed by atoms with Gasteiger partial charge in [0.05, 0.1) is 5.69 Å². The first-order chi connectivity index (χ1) is 8.99. The molecular formula is C12H10BrFN2O3. The van der Waals surface area contributed by atoms with Crippen LogP contribution in [0.15, 0.2) is 27.2 Å². The zero-order valence-corrected chi connectivity index (χ0v) is 11.5. The van der Waals surface area contributed by atoms with Crippen LogP contribution in [0.25, 0.3) is 0 Å². The molecule has 100 valence electrons. The fourth-order valence-corrected chi connectivity index (χ4v) is 1.82. The number of hydrogen-bond donors (Lipinski definition) is 1. The largest absolute Gasteiger partial charge is 0.457 e. The maximum Gasteiger partial charge on any atom is 0.346 e. The van der Waals surface area contributed by atoms with Crippen molar-refractivity contribution in [2.24, 2.45) is 0 Å². The summed E-state index contributed by atoms with van der Waals surface area (Å²) in [5.41, 5.74) is 6.12. The van der Waals surface area contributed by atoms with Gasteiger partial charge in [-0.25, -0.2) is 9.18 Å². The third-order valence-corrected chi connectivity index (χ3v) is 2.96. The summed E-state index contributed by atoms with van der Waals surface area (Å²) in [4.78, 5) is 11.8. The lowest BCUT2D eigenvalue weighted by atomic mass is 10.2. The molecule has 2 N–H and O–H groups in total. The molecule has 0 aliphatic heterocycles. The average Bonchev–Trinajstić information content (AvgIpc) is 2.68. The SMILES string of the molecule is Cc1noc(N)c1C(=O)OCc1ccc(Br)cc1F. The van der Waals surface area contributed by atoms with Crippen LogP contribution in [0, 0.1) is 12.7 Å². The third-order valence-electron chi connectivity index (χ3n) is 2.47. The van der Waals surface area contributed by atoms with Crippen molar-refractivity contribution in [1.82, 2.24) is 5.16 Å². The molecule has 0 fully saturated rings. The number of benzene rings is 1. The number of halogens is 2. The number of ether oxygens (including phenoxy) is 1. The van der Waals surface area contributed by atoms with Crippen LogP contribution < -0.4 is 5.73 Å². The standard InChI is InChI=1S/C12H10BrFN2O3/c1-6-10(11(15)19-16-6)12(17)18-5-7-2-3-8(13)4-9(7)14/h2-4H,5,15H2,1H3. The van der Waals surface area contributed by atoms with E-state index in [-0.39, 0.29) is 23.6 Å². The number of carbonyl (C=O) groups is 1. The molecule has 2 aromatic rings. The van der Waals surface area contributed by atoms with E-state index in [0.29, 0.717) is 10.2 Å². The zero-order chi connectivity index (χ0) is 14.0. The Labute approximate surface area is 116 Å². The molecule has 1 heterocycles. The quantitative estimate of drug-likeness (QED) is 0.876. The minimum Gasteiger partial charge on any atom is -0.457 e. The molecule has 1 aromatic heterocycles. The van der Waals surface area contributed by atoms with Gasteiger partial charge >= 0.3 is 5.97 Å². The summed E-state index contributed by atoms with van der Waals surface area (Å²) < 4.78 is 23.8. The number of hydrogen-bond acceptors (Lipinski definition) is 5. The first-order valence-corrected chi connectivity index (χ1v) is 6.11. The molecule has 0 saturated heterocycles. The second-order valence-corrected chi connectivity index (χ2v) is 4.73. The number of esters is 1. The minimum atomic E-state index is -0.696. The Morgan fingerprint density at radius 1 is 1.58 bits per heavy atom. The van der Waals surface area contributed by atoms with Crippen molar-refractivity contribution in [2.45, 2.75) is 13.5 Å². The molecule has 0 saturated carbocycles. The molecule has 0 spiro atoms. The highest BCUT2D eigenvalue weighted by Crippen LogP contribution is 2.19. The molecule has 2 rings (SSSR count). The zero-order valence-electron chi connectivity index (χ0n) is 9.94. The molecule has 7 heteroatoms. The van der Waals surface area contributed by atoms with E-state index in [1.807, 2.05) is 0 Å². The van der Waals surface area contributed by atoms with E-state index < -0.39 is 11.8 Å². The smallest absolute Gasteiger partial charge is 0.346 e. The van der Waals surface area contributed by atoms with Gasteiger partial charge in [0, 0.05) is 10.0 Å². The van der Waals surface area contributed by atoms with E-state index in [9.17, 15) is 9.18 Å². The second kappa shape index (κ2) is 5.40. The van der Waals surface area contributed by atoms with Gasteiger partial charge in [0.1, 0.15) is 18.0 Å². The molecule has 0 atom stereocenters. The lowest BCUT2D eigenvalue weighted by Crippen LogP contribution is -2.08. The molecule has 0 unspecified atom stereocenters.